The van der Waals surface area contributed by atoms with Crippen LogP contribution in [0.2, 0.25) is 5.02 Å². The van der Waals surface area contributed by atoms with Gasteiger partial charge in [-0.3, -0.25) is 4.79 Å². The van der Waals surface area contributed by atoms with Crippen molar-refractivity contribution in [1.29, 1.82) is 0 Å². The minimum Gasteiger partial charge on any atom is -0.497 e. The molecule has 0 heterocycles. The zero-order valence-corrected chi connectivity index (χ0v) is 14.1. The number of ether oxygens (including phenoxy) is 3. The number of aryl methyl sites for hydroxylation is 2. The fraction of sp³-hybridized carbons (Fsp3) is 0.278. The third-order valence-electron chi connectivity index (χ3n) is 3.34. The van der Waals surface area contributed by atoms with Gasteiger partial charge in [-0.15, -0.1) is 0 Å². The van der Waals surface area contributed by atoms with Crippen LogP contribution >= 0.6 is 11.6 Å². The molecule has 0 atom stereocenters. The van der Waals surface area contributed by atoms with Gasteiger partial charge in [0.1, 0.15) is 17.2 Å². The monoisotopic (exact) mass is 334 g/mol. The molecule has 2 aromatic rings. The average molecular weight is 335 g/mol. The number of carbonyl (C=O) groups excluding carboxylic acids is 1. The second-order valence-corrected chi connectivity index (χ2v) is 5.54. The normalized spacial score (nSPS) is 10.3. The van der Waals surface area contributed by atoms with E-state index in [1.165, 1.54) is 0 Å². The first-order chi connectivity index (χ1) is 11.0. The molecule has 0 saturated heterocycles. The zero-order valence-electron chi connectivity index (χ0n) is 13.4. The highest BCUT2D eigenvalue weighted by atomic mass is 35.5. The molecule has 5 heteroatoms. The third kappa shape index (κ3) is 4.89. The van der Waals surface area contributed by atoms with E-state index in [9.17, 15) is 4.79 Å². The van der Waals surface area contributed by atoms with Gasteiger partial charge < -0.3 is 14.2 Å². The van der Waals surface area contributed by atoms with E-state index in [4.69, 9.17) is 25.8 Å². The fourth-order valence-corrected chi connectivity index (χ4v) is 2.28. The average Bonchev–Trinajstić information content (AvgIpc) is 2.56. The van der Waals surface area contributed by atoms with E-state index in [-0.39, 0.29) is 12.4 Å². The van der Waals surface area contributed by atoms with E-state index in [1.807, 2.05) is 25.1 Å². The van der Waals surface area contributed by atoms with E-state index in [2.05, 4.69) is 0 Å². The molecule has 23 heavy (non-hydrogen) atoms. The Hall–Kier alpha value is -2.20. The first kappa shape index (κ1) is 17.2. The molecule has 4 nitrogen and oxygen atoms in total. The van der Waals surface area contributed by atoms with Crippen molar-refractivity contribution in [1.82, 2.24) is 0 Å². The molecule has 0 aliphatic heterocycles. The number of hydrogen-bond acceptors (Lipinski definition) is 4. The summed E-state index contributed by atoms with van der Waals surface area (Å²) in [6.45, 7) is 1.91. The van der Waals surface area contributed by atoms with Gasteiger partial charge >= 0.3 is 5.97 Å². The van der Waals surface area contributed by atoms with Crippen molar-refractivity contribution in [3.8, 4) is 17.2 Å². The molecule has 0 saturated carbocycles. The van der Waals surface area contributed by atoms with Crippen molar-refractivity contribution in [2.75, 3.05) is 14.2 Å². The first-order valence-electron chi connectivity index (χ1n) is 7.20. The van der Waals surface area contributed by atoms with Crippen LogP contribution in [-0.2, 0) is 11.2 Å². The second kappa shape index (κ2) is 7.88. The zero-order chi connectivity index (χ0) is 16.8. The van der Waals surface area contributed by atoms with E-state index in [0.717, 1.165) is 11.1 Å². The maximum absolute atomic E-state index is 12.0. The van der Waals surface area contributed by atoms with E-state index >= 15 is 0 Å². The molecule has 0 amide bonds. The molecular formula is C18H19ClO4. The molecule has 0 fully saturated rings. The highest BCUT2D eigenvalue weighted by Gasteiger charge is 2.10. The Bertz CT molecular complexity index is 675. The molecule has 0 aromatic heterocycles. The van der Waals surface area contributed by atoms with E-state index in [1.54, 1.807) is 32.4 Å². The van der Waals surface area contributed by atoms with Crippen LogP contribution in [0.3, 0.4) is 0 Å². The Morgan fingerprint density at radius 1 is 1.04 bits per heavy atom. The molecule has 0 unspecified atom stereocenters. The van der Waals surface area contributed by atoms with Crippen LogP contribution < -0.4 is 14.2 Å². The summed E-state index contributed by atoms with van der Waals surface area (Å²) in [5, 5.41) is 0.423. The summed E-state index contributed by atoms with van der Waals surface area (Å²) in [5.41, 5.74) is 1.92. The maximum atomic E-state index is 12.0. The number of rotatable bonds is 6. The van der Waals surface area contributed by atoms with Gasteiger partial charge in [0, 0.05) is 12.5 Å². The van der Waals surface area contributed by atoms with Crippen molar-refractivity contribution in [3.63, 3.8) is 0 Å². The van der Waals surface area contributed by atoms with Gasteiger partial charge in [0.2, 0.25) is 0 Å². The molecular weight excluding hydrogens is 316 g/mol. The lowest BCUT2D eigenvalue weighted by atomic mass is 10.1. The van der Waals surface area contributed by atoms with Crippen LogP contribution in [0, 0.1) is 6.92 Å². The van der Waals surface area contributed by atoms with Crippen molar-refractivity contribution >= 4 is 17.6 Å². The highest BCUT2D eigenvalue weighted by molar-refractivity contribution is 6.32. The molecule has 0 aliphatic rings. The lowest BCUT2D eigenvalue weighted by Gasteiger charge is -2.09. The Morgan fingerprint density at radius 2 is 1.70 bits per heavy atom. The highest BCUT2D eigenvalue weighted by Crippen LogP contribution is 2.26. The van der Waals surface area contributed by atoms with Crippen molar-refractivity contribution in [2.45, 2.75) is 19.8 Å². The van der Waals surface area contributed by atoms with Gasteiger partial charge in [-0.2, -0.15) is 0 Å². The van der Waals surface area contributed by atoms with Crippen LogP contribution in [0.4, 0.5) is 0 Å². The topological polar surface area (TPSA) is 44.8 Å². The van der Waals surface area contributed by atoms with E-state index < -0.39 is 0 Å². The number of benzene rings is 2. The van der Waals surface area contributed by atoms with Crippen LogP contribution in [-0.4, -0.2) is 20.2 Å². The largest absolute Gasteiger partial charge is 0.497 e. The molecule has 0 N–H and O–H groups in total. The van der Waals surface area contributed by atoms with Crippen molar-refractivity contribution in [3.05, 3.63) is 52.5 Å². The molecule has 122 valence electrons. The minimum absolute atomic E-state index is 0.237. The van der Waals surface area contributed by atoms with Crippen LogP contribution in [0.1, 0.15) is 17.5 Å². The van der Waals surface area contributed by atoms with Gasteiger partial charge in [0.25, 0.3) is 0 Å². The number of carbonyl (C=O) groups is 1. The first-order valence-corrected chi connectivity index (χ1v) is 7.58. The Balaban J connectivity index is 2.00. The quantitative estimate of drug-likeness (QED) is 0.586. The molecule has 0 bridgehead atoms. The van der Waals surface area contributed by atoms with E-state index in [0.29, 0.717) is 28.7 Å². The number of halogens is 1. The summed E-state index contributed by atoms with van der Waals surface area (Å²) in [5.74, 6) is 1.43. The van der Waals surface area contributed by atoms with Gasteiger partial charge in [-0.05, 0) is 48.7 Å². The van der Waals surface area contributed by atoms with Gasteiger partial charge in [0.15, 0.2) is 0 Å². The lowest BCUT2D eigenvalue weighted by molar-refractivity contribution is -0.134. The van der Waals surface area contributed by atoms with Crippen LogP contribution in [0.15, 0.2) is 36.4 Å². The van der Waals surface area contributed by atoms with Gasteiger partial charge in [-0.1, -0.05) is 17.7 Å². The van der Waals surface area contributed by atoms with Crippen molar-refractivity contribution < 1.29 is 19.0 Å². The molecule has 0 aliphatic carbocycles. The summed E-state index contributed by atoms with van der Waals surface area (Å²) in [6, 6.07) is 10.8. The fourth-order valence-electron chi connectivity index (χ4n) is 2.12. The predicted molar refractivity (Wildman–Crippen MR) is 89.7 cm³/mol. The standard InChI is InChI=1S/C18H19ClO4/c1-12-4-6-16(19)17(8-12)23-18(20)7-5-13-9-14(21-2)11-15(10-13)22-3/h4,6,8-11H,5,7H2,1-3H3. The van der Waals surface area contributed by atoms with Gasteiger partial charge in [-0.25, -0.2) is 0 Å². The SMILES string of the molecule is COc1cc(CCC(=O)Oc2cc(C)ccc2Cl)cc(OC)c1. The third-order valence-corrected chi connectivity index (χ3v) is 3.65. The van der Waals surface area contributed by atoms with Crippen LogP contribution in [0.25, 0.3) is 0 Å². The van der Waals surface area contributed by atoms with Crippen LogP contribution in [0.5, 0.6) is 17.2 Å². The number of hydrogen-bond donors (Lipinski definition) is 0. The lowest BCUT2D eigenvalue weighted by Crippen LogP contribution is -2.09. The Kier molecular flexibility index (Phi) is 5.88. The summed E-state index contributed by atoms with van der Waals surface area (Å²) in [4.78, 5) is 12.0. The smallest absolute Gasteiger partial charge is 0.311 e. The molecule has 0 spiro atoms. The Labute approximate surface area is 140 Å². The molecule has 2 rings (SSSR count). The molecule has 0 radical (unpaired) electrons. The number of esters is 1. The van der Waals surface area contributed by atoms with Gasteiger partial charge in [0.05, 0.1) is 19.2 Å². The molecule has 2 aromatic carbocycles. The summed E-state index contributed by atoms with van der Waals surface area (Å²) >= 11 is 6.03. The number of methoxy groups -OCH3 is 2. The second-order valence-electron chi connectivity index (χ2n) is 5.13. The Morgan fingerprint density at radius 3 is 2.30 bits per heavy atom. The maximum Gasteiger partial charge on any atom is 0.311 e. The predicted octanol–water partition coefficient (Wildman–Crippen LogP) is 4.20. The summed E-state index contributed by atoms with van der Waals surface area (Å²) in [7, 11) is 3.18. The summed E-state index contributed by atoms with van der Waals surface area (Å²) in [6.07, 6.45) is 0.760. The minimum atomic E-state index is -0.334. The van der Waals surface area contributed by atoms with Crippen molar-refractivity contribution in [2.24, 2.45) is 0 Å². The summed E-state index contributed by atoms with van der Waals surface area (Å²) < 4.78 is 15.8.